The van der Waals surface area contributed by atoms with Crippen molar-refractivity contribution in [3.05, 3.63) is 59.7 Å². The quantitative estimate of drug-likeness (QED) is 0.570. The fourth-order valence-electron chi connectivity index (χ4n) is 2.99. The van der Waals surface area contributed by atoms with Gasteiger partial charge in [-0.1, -0.05) is 44.2 Å². The van der Waals surface area contributed by atoms with E-state index in [0.29, 0.717) is 23.9 Å². The molecule has 0 saturated carbocycles. The molecule has 1 unspecified atom stereocenters. The molecule has 3 N–H and O–H groups in total. The molecule has 0 heterocycles. The Bertz CT molecular complexity index is 803. The van der Waals surface area contributed by atoms with Crippen LogP contribution >= 0.6 is 0 Å². The first kappa shape index (κ1) is 22.4. The number of ether oxygens (including phenoxy) is 1. The first-order chi connectivity index (χ1) is 13.9. The van der Waals surface area contributed by atoms with E-state index in [1.165, 1.54) is 11.1 Å². The number of amides is 2. The Morgan fingerprint density at radius 2 is 1.72 bits per heavy atom. The third kappa shape index (κ3) is 7.95. The number of hydrogen-bond donors (Lipinski definition) is 3. The van der Waals surface area contributed by atoms with Gasteiger partial charge >= 0.3 is 0 Å². The largest absolute Gasteiger partial charge is 0.497 e. The highest BCUT2D eigenvalue weighted by atomic mass is 16.5. The molecule has 6 heteroatoms. The second-order valence-corrected chi connectivity index (χ2v) is 7.59. The van der Waals surface area contributed by atoms with E-state index in [-0.39, 0.29) is 24.9 Å². The highest BCUT2D eigenvalue weighted by Crippen LogP contribution is 2.16. The molecule has 0 aliphatic carbocycles. The lowest BCUT2D eigenvalue weighted by Crippen LogP contribution is -3.11. The number of benzene rings is 2. The first-order valence-electron chi connectivity index (χ1n) is 9.98. The van der Waals surface area contributed by atoms with Crippen LogP contribution in [0.2, 0.25) is 0 Å². The van der Waals surface area contributed by atoms with Crippen LogP contribution in [0.4, 0.5) is 5.69 Å². The van der Waals surface area contributed by atoms with Gasteiger partial charge in [-0.25, -0.2) is 0 Å². The zero-order valence-electron chi connectivity index (χ0n) is 17.7. The van der Waals surface area contributed by atoms with E-state index in [1.54, 1.807) is 19.2 Å². The monoisotopic (exact) mass is 398 g/mol. The minimum Gasteiger partial charge on any atom is -0.497 e. The Morgan fingerprint density at radius 3 is 2.38 bits per heavy atom. The van der Waals surface area contributed by atoms with Gasteiger partial charge in [0.05, 0.1) is 14.2 Å². The Labute approximate surface area is 173 Å². The third-order valence-corrected chi connectivity index (χ3v) is 4.66. The van der Waals surface area contributed by atoms with Gasteiger partial charge in [0.15, 0.2) is 13.1 Å². The predicted molar refractivity (Wildman–Crippen MR) is 115 cm³/mol. The van der Waals surface area contributed by atoms with Crippen LogP contribution < -0.4 is 20.3 Å². The fourth-order valence-corrected chi connectivity index (χ4v) is 2.99. The molecule has 2 rings (SSSR count). The number of likely N-dealkylation sites (N-methyl/N-ethyl adjacent to an activating group) is 1. The van der Waals surface area contributed by atoms with Crippen LogP contribution in [0.3, 0.4) is 0 Å². The lowest BCUT2D eigenvalue weighted by atomic mass is 10.0. The molecule has 0 aromatic heterocycles. The van der Waals surface area contributed by atoms with E-state index < -0.39 is 0 Å². The average Bonchev–Trinajstić information content (AvgIpc) is 2.68. The van der Waals surface area contributed by atoms with Crippen molar-refractivity contribution in [3.63, 3.8) is 0 Å². The molecule has 2 aromatic rings. The summed E-state index contributed by atoms with van der Waals surface area (Å²) in [4.78, 5) is 25.1. The van der Waals surface area contributed by atoms with Gasteiger partial charge in [0.25, 0.3) is 11.8 Å². The van der Waals surface area contributed by atoms with Gasteiger partial charge in [0.1, 0.15) is 5.75 Å². The summed E-state index contributed by atoms with van der Waals surface area (Å²) in [5.74, 6) is 0.995. The summed E-state index contributed by atoms with van der Waals surface area (Å²) in [6, 6.07) is 15.7. The lowest BCUT2D eigenvalue weighted by molar-refractivity contribution is -0.862. The maximum absolute atomic E-state index is 12.2. The summed E-state index contributed by atoms with van der Waals surface area (Å²) in [6.45, 7) is 5.39. The van der Waals surface area contributed by atoms with E-state index in [2.05, 4.69) is 48.7 Å². The molecule has 0 fully saturated rings. The van der Waals surface area contributed by atoms with Gasteiger partial charge in [-0.2, -0.15) is 0 Å². The van der Waals surface area contributed by atoms with Crippen LogP contribution in [0.1, 0.15) is 30.9 Å². The summed E-state index contributed by atoms with van der Waals surface area (Å²) in [5, 5.41) is 5.76. The molecule has 0 aliphatic heterocycles. The smallest absolute Gasteiger partial charge is 0.279 e. The topological polar surface area (TPSA) is 71.9 Å². The number of quaternary nitrogens is 1. The van der Waals surface area contributed by atoms with E-state index in [4.69, 9.17) is 4.74 Å². The van der Waals surface area contributed by atoms with Gasteiger partial charge in [-0.15, -0.1) is 0 Å². The van der Waals surface area contributed by atoms with Crippen molar-refractivity contribution in [1.29, 1.82) is 0 Å². The van der Waals surface area contributed by atoms with Crippen molar-refractivity contribution in [2.75, 3.05) is 39.1 Å². The van der Waals surface area contributed by atoms with Crippen molar-refractivity contribution >= 4 is 17.5 Å². The van der Waals surface area contributed by atoms with Crippen LogP contribution in [-0.2, 0) is 16.0 Å². The van der Waals surface area contributed by atoms with Crippen LogP contribution in [0, 0.1) is 0 Å². The Balaban J connectivity index is 1.69. The molecule has 0 spiro atoms. The van der Waals surface area contributed by atoms with Gasteiger partial charge in [-0.05, 0) is 35.6 Å². The summed E-state index contributed by atoms with van der Waals surface area (Å²) >= 11 is 0. The number of methoxy groups -OCH3 is 1. The van der Waals surface area contributed by atoms with Gasteiger partial charge in [-0.3, -0.25) is 9.59 Å². The number of anilines is 1. The van der Waals surface area contributed by atoms with Crippen molar-refractivity contribution in [2.45, 2.75) is 26.2 Å². The fraction of sp³-hybridized carbons (Fsp3) is 0.391. The lowest BCUT2D eigenvalue weighted by Gasteiger charge is -2.14. The molecular weight excluding hydrogens is 366 g/mol. The van der Waals surface area contributed by atoms with Gasteiger partial charge in [0.2, 0.25) is 0 Å². The number of carbonyl (C=O) groups excluding carboxylic acids is 2. The summed E-state index contributed by atoms with van der Waals surface area (Å²) < 4.78 is 5.15. The standard InChI is InChI=1S/C23H31N3O3/c1-17(2)19-10-8-18(9-11-19)12-13-24-22(27)15-26(3)16-23(28)25-20-6-5-7-21(14-20)29-4/h5-11,14,17H,12-13,15-16H2,1-4H3,(H,24,27)(H,25,28)/p+1. The number of rotatable bonds is 10. The van der Waals surface area contributed by atoms with Crippen LogP contribution in [-0.4, -0.2) is 45.6 Å². The summed E-state index contributed by atoms with van der Waals surface area (Å²) in [6.07, 6.45) is 0.791. The highest BCUT2D eigenvalue weighted by molar-refractivity contribution is 5.91. The molecule has 29 heavy (non-hydrogen) atoms. The molecular formula is C23H32N3O3+. The van der Waals surface area contributed by atoms with Crippen molar-refractivity contribution < 1.29 is 19.2 Å². The molecule has 0 aliphatic rings. The Morgan fingerprint density at radius 1 is 1.03 bits per heavy atom. The summed E-state index contributed by atoms with van der Waals surface area (Å²) in [7, 11) is 3.41. The maximum Gasteiger partial charge on any atom is 0.279 e. The molecule has 0 saturated heterocycles. The minimum atomic E-state index is -0.145. The number of hydrogen-bond acceptors (Lipinski definition) is 3. The zero-order valence-corrected chi connectivity index (χ0v) is 17.7. The Hall–Kier alpha value is -2.86. The Kier molecular flexibility index (Phi) is 8.68. The molecule has 156 valence electrons. The van der Waals surface area contributed by atoms with Gasteiger partial charge in [0, 0.05) is 18.3 Å². The van der Waals surface area contributed by atoms with Gasteiger partial charge < -0.3 is 20.3 Å². The SMILES string of the molecule is COc1cccc(NC(=O)C[NH+](C)CC(=O)NCCc2ccc(C(C)C)cc2)c1. The normalized spacial score (nSPS) is 11.8. The van der Waals surface area contributed by atoms with E-state index in [1.807, 2.05) is 19.2 Å². The minimum absolute atomic E-state index is 0.0597. The van der Waals surface area contributed by atoms with E-state index in [0.717, 1.165) is 11.3 Å². The number of nitrogens with one attached hydrogen (secondary N) is 3. The van der Waals surface area contributed by atoms with Crippen LogP contribution in [0.5, 0.6) is 5.75 Å². The van der Waals surface area contributed by atoms with Crippen LogP contribution in [0.25, 0.3) is 0 Å². The van der Waals surface area contributed by atoms with Crippen molar-refractivity contribution in [1.82, 2.24) is 5.32 Å². The maximum atomic E-state index is 12.2. The first-order valence-corrected chi connectivity index (χ1v) is 9.98. The molecule has 1 atom stereocenters. The second-order valence-electron chi connectivity index (χ2n) is 7.59. The summed E-state index contributed by atoms with van der Waals surface area (Å²) in [5.41, 5.74) is 3.19. The van der Waals surface area contributed by atoms with Crippen molar-refractivity contribution in [3.8, 4) is 5.75 Å². The second kappa shape index (κ2) is 11.2. The highest BCUT2D eigenvalue weighted by Gasteiger charge is 2.14. The number of carbonyl (C=O) groups is 2. The van der Waals surface area contributed by atoms with Crippen LogP contribution in [0.15, 0.2) is 48.5 Å². The molecule has 6 nitrogen and oxygen atoms in total. The predicted octanol–water partition coefficient (Wildman–Crippen LogP) is 1.63. The molecule has 2 amide bonds. The molecule has 0 bridgehead atoms. The average molecular weight is 399 g/mol. The van der Waals surface area contributed by atoms with Crippen molar-refractivity contribution in [2.24, 2.45) is 0 Å². The van der Waals surface area contributed by atoms with E-state index >= 15 is 0 Å². The van der Waals surface area contributed by atoms with E-state index in [9.17, 15) is 9.59 Å². The molecule has 2 aromatic carbocycles. The molecule has 0 radical (unpaired) electrons. The third-order valence-electron chi connectivity index (χ3n) is 4.66. The zero-order chi connectivity index (χ0) is 21.2.